The minimum absolute atomic E-state index is 0.185. The number of nitriles is 1. The summed E-state index contributed by atoms with van der Waals surface area (Å²) in [5.74, 6) is 0.319. The van der Waals surface area contributed by atoms with Crippen molar-refractivity contribution >= 4 is 25.5 Å². The fraction of sp³-hybridized carbons (Fsp3) is 0.600. The lowest BCUT2D eigenvalue weighted by Crippen LogP contribution is -2.35. The van der Waals surface area contributed by atoms with Crippen LogP contribution < -0.4 is 10.8 Å². The van der Waals surface area contributed by atoms with Gasteiger partial charge in [0, 0.05) is 0 Å². The normalized spacial score (nSPS) is 25.2. The van der Waals surface area contributed by atoms with E-state index in [4.69, 9.17) is 19.7 Å². The minimum Gasteiger partial charge on any atom is -0.464 e. The summed E-state index contributed by atoms with van der Waals surface area (Å²) in [5.41, 5.74) is 6.04. The van der Waals surface area contributed by atoms with Crippen molar-refractivity contribution in [1.82, 2.24) is 19.7 Å². The maximum absolute atomic E-state index is 12.3. The van der Waals surface area contributed by atoms with E-state index in [1.54, 1.807) is 17.5 Å². The minimum atomic E-state index is -2.78. The molecule has 4 rings (SSSR count). The molecular formula is C20H27N6O5P. The van der Waals surface area contributed by atoms with Crippen LogP contribution in [0.2, 0.25) is 0 Å². The van der Waals surface area contributed by atoms with E-state index >= 15 is 0 Å². The van der Waals surface area contributed by atoms with Gasteiger partial charge in [0.05, 0.1) is 18.9 Å². The third kappa shape index (κ3) is 4.79. The van der Waals surface area contributed by atoms with Crippen molar-refractivity contribution in [2.45, 2.75) is 56.8 Å². The number of anilines is 1. The molecule has 3 N–H and O–H groups in total. The van der Waals surface area contributed by atoms with Gasteiger partial charge in [-0.1, -0.05) is 6.42 Å². The Bertz CT molecular complexity index is 1050. The van der Waals surface area contributed by atoms with E-state index < -0.39 is 31.9 Å². The lowest BCUT2D eigenvalue weighted by molar-refractivity contribution is -0.147. The van der Waals surface area contributed by atoms with Gasteiger partial charge in [-0.2, -0.15) is 10.4 Å². The molecule has 1 saturated heterocycles. The molecule has 2 aromatic heterocycles. The number of nitrogen functional groups attached to an aromatic ring is 1. The molecule has 12 heteroatoms. The van der Waals surface area contributed by atoms with E-state index in [2.05, 4.69) is 21.2 Å². The molecule has 172 valence electrons. The average Bonchev–Trinajstić information content (AvgIpc) is 3.36. The van der Waals surface area contributed by atoms with Crippen LogP contribution in [0.15, 0.2) is 18.5 Å². The van der Waals surface area contributed by atoms with E-state index in [0.29, 0.717) is 36.7 Å². The summed E-state index contributed by atoms with van der Waals surface area (Å²) in [4.78, 5) is 16.0. The van der Waals surface area contributed by atoms with Gasteiger partial charge in [0.15, 0.2) is 11.4 Å². The van der Waals surface area contributed by atoms with Crippen molar-refractivity contribution in [3.8, 4) is 6.07 Å². The maximum atomic E-state index is 12.3. The number of rotatable bonds is 9. The Morgan fingerprint density at radius 3 is 3.03 bits per heavy atom. The Kier molecular flexibility index (Phi) is 6.76. The molecule has 0 amide bonds. The molecule has 1 unspecified atom stereocenters. The SMILES string of the molecule is C[C@H](N[PH](=O)OC[C@]1(C#N)CC[C@H](c2ccc3c(N)ncnn23)O1)C(=O)OCC1CCC1. The molecule has 1 aliphatic carbocycles. The van der Waals surface area contributed by atoms with Crippen LogP contribution in [0.5, 0.6) is 0 Å². The van der Waals surface area contributed by atoms with Crippen LogP contribution >= 0.6 is 8.18 Å². The highest BCUT2D eigenvalue weighted by molar-refractivity contribution is 7.36. The van der Waals surface area contributed by atoms with Crippen molar-refractivity contribution in [1.29, 1.82) is 5.26 Å². The van der Waals surface area contributed by atoms with Gasteiger partial charge in [-0.3, -0.25) is 9.36 Å². The molecule has 1 saturated carbocycles. The number of fused-ring (bicyclic) bond motifs is 1. The molecule has 2 fully saturated rings. The predicted octanol–water partition coefficient (Wildman–Crippen LogP) is 2.15. The zero-order valence-corrected chi connectivity index (χ0v) is 18.8. The zero-order valence-electron chi connectivity index (χ0n) is 17.8. The van der Waals surface area contributed by atoms with Crippen LogP contribution in [0.4, 0.5) is 5.82 Å². The number of carbonyl (C=O) groups is 1. The Morgan fingerprint density at radius 1 is 1.50 bits per heavy atom. The highest BCUT2D eigenvalue weighted by atomic mass is 31.1. The predicted molar refractivity (Wildman–Crippen MR) is 115 cm³/mol. The van der Waals surface area contributed by atoms with E-state index in [0.717, 1.165) is 18.5 Å². The monoisotopic (exact) mass is 462 g/mol. The van der Waals surface area contributed by atoms with Gasteiger partial charge in [-0.15, -0.1) is 0 Å². The van der Waals surface area contributed by atoms with Crippen LogP contribution in [0.25, 0.3) is 5.52 Å². The molecule has 0 spiro atoms. The van der Waals surface area contributed by atoms with Gasteiger partial charge in [0.2, 0.25) is 0 Å². The summed E-state index contributed by atoms with van der Waals surface area (Å²) >= 11 is 0. The summed E-state index contributed by atoms with van der Waals surface area (Å²) in [6.45, 7) is 1.78. The number of carbonyl (C=O) groups excluding carboxylic acids is 1. The second-order valence-electron chi connectivity index (χ2n) is 8.32. The Labute approximate surface area is 186 Å². The van der Waals surface area contributed by atoms with Gasteiger partial charge in [-0.25, -0.2) is 14.6 Å². The summed E-state index contributed by atoms with van der Waals surface area (Å²) in [6, 6.07) is 5.01. The summed E-state index contributed by atoms with van der Waals surface area (Å²) < 4.78 is 30.7. The fourth-order valence-corrected chi connectivity index (χ4v) is 4.76. The standard InChI is InChI=1S/C20H27N6O5P/c1-13(19(27)29-9-14-3-2-4-14)25-32(28)30-11-20(10-21)8-7-17(31-20)15-5-6-16-18(22)23-12-24-26(15)16/h5-6,12-14,17,32H,2-4,7-9,11H2,1H3,(H,25,28)(H2,22,23,24)/t13-,17+,20+/m0/s1. The first-order chi connectivity index (χ1) is 15.4. The molecule has 2 aliphatic rings. The molecule has 1 aliphatic heterocycles. The first kappa shape index (κ1) is 22.7. The number of nitrogens with two attached hydrogens (primary N) is 1. The molecule has 0 bridgehead atoms. The van der Waals surface area contributed by atoms with Crippen LogP contribution in [0.3, 0.4) is 0 Å². The first-order valence-corrected chi connectivity index (χ1v) is 12.0. The van der Waals surface area contributed by atoms with Gasteiger partial charge in [-0.05, 0) is 50.7 Å². The van der Waals surface area contributed by atoms with Crippen molar-refractivity contribution in [2.24, 2.45) is 5.92 Å². The van der Waals surface area contributed by atoms with Crippen molar-refractivity contribution in [3.63, 3.8) is 0 Å². The summed E-state index contributed by atoms with van der Waals surface area (Å²) in [6.07, 6.45) is 5.24. The van der Waals surface area contributed by atoms with E-state index in [1.807, 2.05) is 6.07 Å². The second kappa shape index (κ2) is 9.55. The molecule has 0 aromatic carbocycles. The van der Waals surface area contributed by atoms with Crippen molar-refractivity contribution in [3.05, 3.63) is 24.2 Å². The lowest BCUT2D eigenvalue weighted by atomic mass is 9.86. The number of ether oxygens (including phenoxy) is 2. The highest BCUT2D eigenvalue weighted by Gasteiger charge is 2.43. The smallest absolute Gasteiger partial charge is 0.323 e. The van der Waals surface area contributed by atoms with Crippen LogP contribution in [0.1, 0.15) is 50.8 Å². The first-order valence-electron chi connectivity index (χ1n) is 10.7. The molecular weight excluding hydrogens is 435 g/mol. The molecule has 2 aromatic rings. The summed E-state index contributed by atoms with van der Waals surface area (Å²) in [7, 11) is -2.78. The van der Waals surface area contributed by atoms with Crippen LogP contribution in [0, 0.1) is 17.2 Å². The Hall–Kier alpha value is -2.51. The largest absolute Gasteiger partial charge is 0.464 e. The Balaban J connectivity index is 1.30. The number of nitrogens with zero attached hydrogens (tertiary/aromatic N) is 4. The lowest BCUT2D eigenvalue weighted by Gasteiger charge is -2.25. The second-order valence-corrected chi connectivity index (χ2v) is 9.47. The molecule has 32 heavy (non-hydrogen) atoms. The maximum Gasteiger partial charge on any atom is 0.323 e. The number of esters is 1. The number of aromatic nitrogens is 3. The summed E-state index contributed by atoms with van der Waals surface area (Å²) in [5, 5.41) is 16.6. The zero-order chi connectivity index (χ0) is 22.7. The van der Waals surface area contributed by atoms with Crippen molar-refractivity contribution in [2.75, 3.05) is 18.9 Å². The fourth-order valence-electron chi connectivity index (χ4n) is 3.84. The molecule has 3 heterocycles. The third-order valence-corrected chi connectivity index (χ3v) is 7.11. The van der Waals surface area contributed by atoms with Gasteiger partial charge in [0.25, 0.3) is 8.18 Å². The Morgan fingerprint density at radius 2 is 2.31 bits per heavy atom. The average molecular weight is 462 g/mol. The number of nitrogens with one attached hydrogen (secondary N) is 1. The van der Waals surface area contributed by atoms with E-state index in [-0.39, 0.29) is 6.61 Å². The quantitative estimate of drug-likeness (QED) is 0.418. The van der Waals surface area contributed by atoms with E-state index in [1.165, 1.54) is 12.7 Å². The number of hydrogen-bond donors (Lipinski definition) is 2. The molecule has 11 nitrogen and oxygen atoms in total. The molecule has 0 radical (unpaired) electrons. The van der Waals surface area contributed by atoms with E-state index in [9.17, 15) is 14.6 Å². The van der Waals surface area contributed by atoms with Gasteiger partial charge in [0.1, 0.15) is 30.1 Å². The van der Waals surface area contributed by atoms with Gasteiger partial charge >= 0.3 is 5.97 Å². The number of hydrogen-bond acceptors (Lipinski definition) is 9. The third-order valence-electron chi connectivity index (χ3n) is 6.03. The highest BCUT2D eigenvalue weighted by Crippen LogP contribution is 2.41. The van der Waals surface area contributed by atoms with Gasteiger partial charge < -0.3 is 19.7 Å². The molecule has 4 atom stereocenters. The van der Waals surface area contributed by atoms with Crippen LogP contribution in [-0.4, -0.2) is 45.4 Å². The topological polar surface area (TPSA) is 154 Å². The van der Waals surface area contributed by atoms with Crippen molar-refractivity contribution < 1.29 is 23.4 Å². The van der Waals surface area contributed by atoms with Crippen LogP contribution in [-0.2, 0) is 23.4 Å².